The standard InChI is InChI=1S/C14H23NO/c1-11(2)16-10-9-14(4,5)13-8-6-7-12(3)15-13/h6-8,11H,9-10H2,1-5H3. The van der Waals surface area contributed by atoms with Gasteiger partial charge in [-0.25, -0.2) is 0 Å². The summed E-state index contributed by atoms with van der Waals surface area (Å²) < 4.78 is 5.60. The average Bonchev–Trinajstić information content (AvgIpc) is 2.16. The van der Waals surface area contributed by atoms with Crippen LogP contribution in [0.25, 0.3) is 0 Å². The monoisotopic (exact) mass is 221 g/mol. The first-order chi connectivity index (χ1) is 7.42. The first-order valence-corrected chi connectivity index (χ1v) is 5.97. The molecule has 0 aliphatic heterocycles. The molecular weight excluding hydrogens is 198 g/mol. The van der Waals surface area contributed by atoms with Gasteiger partial charge in [0.1, 0.15) is 0 Å². The maximum atomic E-state index is 5.60. The van der Waals surface area contributed by atoms with Crippen LogP contribution in [0.2, 0.25) is 0 Å². The van der Waals surface area contributed by atoms with Crippen molar-refractivity contribution in [1.82, 2.24) is 4.98 Å². The highest BCUT2D eigenvalue weighted by Crippen LogP contribution is 2.25. The quantitative estimate of drug-likeness (QED) is 0.759. The summed E-state index contributed by atoms with van der Waals surface area (Å²) in [5.41, 5.74) is 2.32. The van der Waals surface area contributed by atoms with Crippen molar-refractivity contribution in [3.8, 4) is 0 Å². The van der Waals surface area contributed by atoms with Crippen LogP contribution in [0.5, 0.6) is 0 Å². The summed E-state index contributed by atoms with van der Waals surface area (Å²) in [6.07, 6.45) is 1.31. The lowest BCUT2D eigenvalue weighted by Crippen LogP contribution is -2.22. The van der Waals surface area contributed by atoms with E-state index in [1.165, 1.54) is 0 Å². The SMILES string of the molecule is Cc1cccc(C(C)(C)CCOC(C)C)n1. The van der Waals surface area contributed by atoms with Crippen molar-refractivity contribution in [2.24, 2.45) is 0 Å². The van der Waals surface area contributed by atoms with Gasteiger partial charge in [-0.3, -0.25) is 4.98 Å². The number of pyridine rings is 1. The zero-order valence-corrected chi connectivity index (χ0v) is 11.1. The van der Waals surface area contributed by atoms with Crippen LogP contribution in [0, 0.1) is 6.92 Å². The molecule has 0 radical (unpaired) electrons. The molecule has 0 N–H and O–H groups in total. The lowest BCUT2D eigenvalue weighted by Gasteiger charge is -2.24. The van der Waals surface area contributed by atoms with Gasteiger partial charge in [0.05, 0.1) is 6.10 Å². The third-order valence-electron chi connectivity index (χ3n) is 2.76. The first-order valence-electron chi connectivity index (χ1n) is 5.97. The highest BCUT2D eigenvalue weighted by atomic mass is 16.5. The van der Waals surface area contributed by atoms with Gasteiger partial charge in [0, 0.05) is 23.4 Å². The second-order valence-electron chi connectivity index (χ2n) is 5.22. The predicted octanol–water partition coefficient (Wildman–Crippen LogP) is 3.48. The van der Waals surface area contributed by atoms with E-state index < -0.39 is 0 Å². The van der Waals surface area contributed by atoms with Crippen molar-refractivity contribution in [3.63, 3.8) is 0 Å². The van der Waals surface area contributed by atoms with Crippen molar-refractivity contribution < 1.29 is 4.74 Å². The summed E-state index contributed by atoms with van der Waals surface area (Å²) in [6, 6.07) is 6.20. The van der Waals surface area contributed by atoms with Crippen LogP contribution in [-0.4, -0.2) is 17.7 Å². The molecule has 2 heteroatoms. The molecule has 0 atom stereocenters. The molecule has 0 aliphatic carbocycles. The van der Waals surface area contributed by atoms with E-state index in [0.717, 1.165) is 24.4 Å². The Hall–Kier alpha value is -0.890. The fourth-order valence-electron chi connectivity index (χ4n) is 1.60. The zero-order valence-electron chi connectivity index (χ0n) is 11.1. The molecule has 1 rings (SSSR count). The number of aromatic nitrogens is 1. The van der Waals surface area contributed by atoms with E-state index in [9.17, 15) is 0 Å². The fraction of sp³-hybridized carbons (Fsp3) is 0.643. The number of ether oxygens (including phenoxy) is 1. The minimum Gasteiger partial charge on any atom is -0.379 e. The van der Waals surface area contributed by atoms with E-state index in [0.29, 0.717) is 6.10 Å². The summed E-state index contributed by atoms with van der Waals surface area (Å²) in [5.74, 6) is 0. The summed E-state index contributed by atoms with van der Waals surface area (Å²) in [6.45, 7) is 11.4. The maximum Gasteiger partial charge on any atom is 0.0518 e. The number of nitrogens with zero attached hydrogens (tertiary/aromatic N) is 1. The molecule has 90 valence electrons. The maximum absolute atomic E-state index is 5.60. The van der Waals surface area contributed by atoms with E-state index in [1.54, 1.807) is 0 Å². The van der Waals surface area contributed by atoms with Crippen LogP contribution < -0.4 is 0 Å². The van der Waals surface area contributed by atoms with Crippen molar-refractivity contribution >= 4 is 0 Å². The number of aryl methyl sites for hydroxylation is 1. The second-order valence-corrected chi connectivity index (χ2v) is 5.22. The van der Waals surface area contributed by atoms with E-state index in [2.05, 4.69) is 44.8 Å². The third-order valence-corrected chi connectivity index (χ3v) is 2.76. The highest BCUT2D eigenvalue weighted by Gasteiger charge is 2.21. The molecule has 0 unspecified atom stereocenters. The second kappa shape index (κ2) is 5.44. The third kappa shape index (κ3) is 3.93. The van der Waals surface area contributed by atoms with E-state index >= 15 is 0 Å². The molecule has 2 nitrogen and oxygen atoms in total. The van der Waals surface area contributed by atoms with Crippen LogP contribution in [-0.2, 0) is 10.2 Å². The van der Waals surface area contributed by atoms with E-state index in [-0.39, 0.29) is 5.41 Å². The molecule has 0 amide bonds. The Balaban J connectivity index is 2.62. The molecular formula is C14H23NO. The Morgan fingerprint density at radius 3 is 2.56 bits per heavy atom. The Bertz CT molecular complexity index is 331. The molecule has 1 aromatic heterocycles. The van der Waals surface area contributed by atoms with Crippen LogP contribution in [0.1, 0.15) is 45.5 Å². The number of rotatable bonds is 5. The lowest BCUT2D eigenvalue weighted by molar-refractivity contribution is 0.0668. The number of hydrogen-bond donors (Lipinski definition) is 0. The van der Waals surface area contributed by atoms with Crippen molar-refractivity contribution in [3.05, 3.63) is 29.6 Å². The largest absolute Gasteiger partial charge is 0.379 e. The van der Waals surface area contributed by atoms with Gasteiger partial charge in [-0.2, -0.15) is 0 Å². The van der Waals surface area contributed by atoms with Crippen molar-refractivity contribution in [1.29, 1.82) is 0 Å². The average molecular weight is 221 g/mol. The summed E-state index contributed by atoms with van der Waals surface area (Å²) in [7, 11) is 0. The van der Waals surface area contributed by atoms with Gasteiger partial charge in [-0.1, -0.05) is 19.9 Å². The highest BCUT2D eigenvalue weighted by molar-refractivity contribution is 5.17. The van der Waals surface area contributed by atoms with Crippen LogP contribution >= 0.6 is 0 Å². The normalized spacial score (nSPS) is 12.1. The van der Waals surface area contributed by atoms with E-state index in [1.807, 2.05) is 13.0 Å². The van der Waals surface area contributed by atoms with Crippen LogP contribution in [0.15, 0.2) is 18.2 Å². The molecule has 0 fully saturated rings. The minimum absolute atomic E-state index is 0.0842. The smallest absolute Gasteiger partial charge is 0.0518 e. The molecule has 0 saturated carbocycles. The van der Waals surface area contributed by atoms with Crippen LogP contribution in [0.4, 0.5) is 0 Å². The van der Waals surface area contributed by atoms with Crippen LogP contribution in [0.3, 0.4) is 0 Å². The molecule has 1 aromatic rings. The minimum atomic E-state index is 0.0842. The van der Waals surface area contributed by atoms with E-state index in [4.69, 9.17) is 4.74 Å². The van der Waals surface area contributed by atoms with Gasteiger partial charge in [-0.15, -0.1) is 0 Å². The fourth-order valence-corrected chi connectivity index (χ4v) is 1.60. The Morgan fingerprint density at radius 2 is 2.00 bits per heavy atom. The van der Waals surface area contributed by atoms with Gasteiger partial charge in [0.15, 0.2) is 0 Å². The summed E-state index contributed by atoms with van der Waals surface area (Å²) >= 11 is 0. The van der Waals surface area contributed by atoms with Gasteiger partial charge in [-0.05, 0) is 39.3 Å². The van der Waals surface area contributed by atoms with Crippen molar-refractivity contribution in [2.45, 2.75) is 52.6 Å². The van der Waals surface area contributed by atoms with Gasteiger partial charge in [0.2, 0.25) is 0 Å². The summed E-state index contributed by atoms with van der Waals surface area (Å²) in [5, 5.41) is 0. The molecule has 0 spiro atoms. The Labute approximate surface area is 99.0 Å². The Morgan fingerprint density at radius 1 is 1.31 bits per heavy atom. The zero-order chi connectivity index (χ0) is 12.2. The van der Waals surface area contributed by atoms with Gasteiger partial charge in [0.25, 0.3) is 0 Å². The first kappa shape index (κ1) is 13.2. The lowest BCUT2D eigenvalue weighted by atomic mass is 9.85. The topological polar surface area (TPSA) is 22.1 Å². The molecule has 1 heterocycles. The van der Waals surface area contributed by atoms with Gasteiger partial charge >= 0.3 is 0 Å². The predicted molar refractivity (Wildman–Crippen MR) is 67.7 cm³/mol. The molecule has 0 bridgehead atoms. The summed E-state index contributed by atoms with van der Waals surface area (Å²) in [4.78, 5) is 4.59. The molecule has 16 heavy (non-hydrogen) atoms. The molecule has 0 aliphatic rings. The Kier molecular flexibility index (Phi) is 4.48. The van der Waals surface area contributed by atoms with Gasteiger partial charge < -0.3 is 4.74 Å². The van der Waals surface area contributed by atoms with Crippen molar-refractivity contribution in [2.75, 3.05) is 6.61 Å². The number of hydrogen-bond acceptors (Lipinski definition) is 2. The molecule has 0 saturated heterocycles. The molecule has 0 aromatic carbocycles.